The molecule has 0 radical (unpaired) electrons. The first-order valence-corrected chi connectivity index (χ1v) is 5.52. The molecule has 0 amide bonds. The molecule has 1 aromatic carbocycles. The van der Waals surface area contributed by atoms with E-state index >= 15 is 0 Å². The van der Waals surface area contributed by atoms with Crippen molar-refractivity contribution in [3.8, 4) is 5.75 Å². The number of hydrogen-bond acceptors (Lipinski definition) is 6. The van der Waals surface area contributed by atoms with Crippen LogP contribution < -0.4 is 9.84 Å². The summed E-state index contributed by atoms with van der Waals surface area (Å²) in [5.41, 5.74) is 0.835. The Labute approximate surface area is 109 Å². The molecule has 2 aromatic rings. The summed E-state index contributed by atoms with van der Waals surface area (Å²) in [6, 6.07) is 6.83. The SMILES string of the molecule is C[C@H](Oc1ccc(/C=N\n2cnnc2)cc1)C(=O)[O-]. The van der Waals surface area contributed by atoms with Crippen LogP contribution in [0.1, 0.15) is 12.5 Å². The fourth-order valence-electron chi connectivity index (χ4n) is 1.27. The number of carbonyl (C=O) groups is 1. The van der Waals surface area contributed by atoms with Crippen LogP contribution in [0.15, 0.2) is 42.0 Å². The first-order chi connectivity index (χ1) is 9.15. The van der Waals surface area contributed by atoms with E-state index in [0.717, 1.165) is 5.56 Å². The zero-order chi connectivity index (χ0) is 13.7. The monoisotopic (exact) mass is 259 g/mol. The summed E-state index contributed by atoms with van der Waals surface area (Å²) >= 11 is 0. The largest absolute Gasteiger partial charge is 0.546 e. The second-order valence-corrected chi connectivity index (χ2v) is 3.73. The number of carboxylic acids is 1. The van der Waals surface area contributed by atoms with E-state index in [1.807, 2.05) is 0 Å². The van der Waals surface area contributed by atoms with E-state index < -0.39 is 12.1 Å². The molecule has 0 N–H and O–H groups in total. The molecule has 0 spiro atoms. The van der Waals surface area contributed by atoms with Crippen LogP contribution in [0.5, 0.6) is 5.75 Å². The molecule has 98 valence electrons. The third-order valence-corrected chi connectivity index (χ3v) is 2.27. The van der Waals surface area contributed by atoms with E-state index in [1.54, 1.807) is 30.5 Å². The van der Waals surface area contributed by atoms with Crippen LogP contribution in [0.3, 0.4) is 0 Å². The number of rotatable bonds is 5. The lowest BCUT2D eigenvalue weighted by molar-refractivity contribution is -0.312. The van der Waals surface area contributed by atoms with Gasteiger partial charge in [-0.15, -0.1) is 10.2 Å². The van der Waals surface area contributed by atoms with Gasteiger partial charge in [0, 0.05) is 0 Å². The van der Waals surface area contributed by atoms with Crippen LogP contribution in [-0.4, -0.2) is 33.2 Å². The number of hydrogen-bond donors (Lipinski definition) is 0. The zero-order valence-corrected chi connectivity index (χ0v) is 10.1. The molecule has 0 saturated carbocycles. The van der Waals surface area contributed by atoms with Crippen LogP contribution in [0, 0.1) is 0 Å². The van der Waals surface area contributed by atoms with Crippen LogP contribution >= 0.6 is 0 Å². The first kappa shape index (κ1) is 12.7. The minimum absolute atomic E-state index is 0.457. The molecule has 0 aliphatic rings. The van der Waals surface area contributed by atoms with E-state index in [4.69, 9.17) is 4.74 Å². The highest BCUT2D eigenvalue weighted by molar-refractivity contribution is 5.79. The summed E-state index contributed by atoms with van der Waals surface area (Å²) < 4.78 is 6.61. The standard InChI is InChI=1S/C12H12N4O3/c1-9(12(17)18)19-11-4-2-10(3-5-11)6-15-16-7-13-14-8-16/h2-9H,1H3,(H,17,18)/p-1/b15-6-/t9-/m0/s1. The fraction of sp³-hybridized carbons (Fsp3) is 0.167. The number of benzene rings is 1. The second-order valence-electron chi connectivity index (χ2n) is 3.73. The number of aliphatic carboxylic acids is 1. The molecule has 7 nitrogen and oxygen atoms in total. The molecular formula is C12H11N4O3-. The maximum atomic E-state index is 10.5. The van der Waals surface area contributed by atoms with Crippen molar-refractivity contribution in [1.29, 1.82) is 0 Å². The van der Waals surface area contributed by atoms with Crippen molar-refractivity contribution in [2.24, 2.45) is 5.10 Å². The van der Waals surface area contributed by atoms with Gasteiger partial charge in [0.05, 0.1) is 12.2 Å². The Morgan fingerprint density at radius 2 is 2.00 bits per heavy atom. The molecule has 2 rings (SSSR count). The lowest BCUT2D eigenvalue weighted by Crippen LogP contribution is -2.37. The number of carboxylic acid groups (broad SMARTS) is 1. The Balaban J connectivity index is 2.00. The van der Waals surface area contributed by atoms with Crippen molar-refractivity contribution >= 4 is 12.2 Å². The quantitative estimate of drug-likeness (QED) is 0.686. The van der Waals surface area contributed by atoms with Gasteiger partial charge in [0.2, 0.25) is 0 Å². The fourth-order valence-corrected chi connectivity index (χ4v) is 1.27. The highest BCUT2D eigenvalue weighted by Crippen LogP contribution is 2.12. The Hall–Kier alpha value is -2.70. The van der Waals surface area contributed by atoms with Crippen LogP contribution in [0.2, 0.25) is 0 Å². The van der Waals surface area contributed by atoms with Gasteiger partial charge in [0.1, 0.15) is 24.5 Å². The summed E-state index contributed by atoms with van der Waals surface area (Å²) in [5.74, 6) is -0.795. The van der Waals surface area contributed by atoms with Crippen LogP contribution in [0.4, 0.5) is 0 Å². The smallest absolute Gasteiger partial charge is 0.141 e. The average Bonchev–Trinajstić information content (AvgIpc) is 2.91. The van der Waals surface area contributed by atoms with Gasteiger partial charge in [-0.25, -0.2) is 4.68 Å². The molecule has 0 unspecified atom stereocenters. The normalized spacial score (nSPS) is 12.5. The lowest BCUT2D eigenvalue weighted by atomic mass is 10.2. The van der Waals surface area contributed by atoms with Gasteiger partial charge < -0.3 is 14.6 Å². The number of nitrogens with zero attached hydrogens (tertiary/aromatic N) is 4. The molecule has 0 fully saturated rings. The van der Waals surface area contributed by atoms with Gasteiger partial charge in [-0.3, -0.25) is 0 Å². The van der Waals surface area contributed by atoms with Crippen molar-refractivity contribution < 1.29 is 14.6 Å². The minimum atomic E-state index is -1.25. The summed E-state index contributed by atoms with van der Waals surface area (Å²) in [7, 11) is 0. The maximum absolute atomic E-state index is 10.5. The van der Waals surface area contributed by atoms with Crippen molar-refractivity contribution in [3.05, 3.63) is 42.5 Å². The zero-order valence-electron chi connectivity index (χ0n) is 10.1. The first-order valence-electron chi connectivity index (χ1n) is 5.52. The molecule has 0 bridgehead atoms. The van der Waals surface area contributed by atoms with Crippen molar-refractivity contribution in [2.75, 3.05) is 0 Å². The molecule has 7 heteroatoms. The van der Waals surface area contributed by atoms with Gasteiger partial charge in [0.25, 0.3) is 0 Å². The predicted molar refractivity (Wildman–Crippen MR) is 64.6 cm³/mol. The van der Waals surface area contributed by atoms with Gasteiger partial charge in [-0.1, -0.05) is 0 Å². The molecule has 1 atom stereocenters. The summed E-state index contributed by atoms with van der Waals surface area (Å²) in [6.07, 6.45) is 3.57. The molecule has 0 saturated heterocycles. The molecule has 19 heavy (non-hydrogen) atoms. The van der Waals surface area contributed by atoms with Gasteiger partial charge >= 0.3 is 0 Å². The van der Waals surface area contributed by atoms with E-state index in [1.165, 1.54) is 24.3 Å². The Morgan fingerprint density at radius 1 is 1.37 bits per heavy atom. The average molecular weight is 259 g/mol. The molecule has 1 aromatic heterocycles. The Morgan fingerprint density at radius 3 is 2.58 bits per heavy atom. The molecule has 0 aliphatic heterocycles. The Bertz CT molecular complexity index is 563. The van der Waals surface area contributed by atoms with E-state index in [2.05, 4.69) is 15.3 Å². The molecular weight excluding hydrogens is 248 g/mol. The van der Waals surface area contributed by atoms with E-state index in [-0.39, 0.29) is 0 Å². The van der Waals surface area contributed by atoms with Gasteiger partial charge in [0.15, 0.2) is 0 Å². The number of ether oxygens (including phenoxy) is 1. The third-order valence-electron chi connectivity index (χ3n) is 2.27. The number of carbonyl (C=O) groups excluding carboxylic acids is 1. The van der Waals surface area contributed by atoms with Crippen LogP contribution in [-0.2, 0) is 4.79 Å². The summed E-state index contributed by atoms with van der Waals surface area (Å²) in [5, 5.41) is 21.8. The molecule has 1 heterocycles. The Kier molecular flexibility index (Phi) is 3.87. The van der Waals surface area contributed by atoms with E-state index in [0.29, 0.717) is 5.75 Å². The second kappa shape index (κ2) is 5.76. The summed E-state index contributed by atoms with van der Waals surface area (Å²) in [4.78, 5) is 10.5. The van der Waals surface area contributed by atoms with Crippen LogP contribution in [0.25, 0.3) is 0 Å². The number of aromatic nitrogens is 3. The minimum Gasteiger partial charge on any atom is -0.546 e. The predicted octanol–water partition coefficient (Wildman–Crippen LogP) is -0.323. The third kappa shape index (κ3) is 3.63. The van der Waals surface area contributed by atoms with Crippen molar-refractivity contribution in [1.82, 2.24) is 14.9 Å². The summed E-state index contributed by atoms with van der Waals surface area (Å²) in [6.45, 7) is 1.41. The van der Waals surface area contributed by atoms with Gasteiger partial charge in [-0.2, -0.15) is 5.10 Å². The maximum Gasteiger partial charge on any atom is 0.141 e. The highest BCUT2D eigenvalue weighted by atomic mass is 16.5. The van der Waals surface area contributed by atoms with Crippen molar-refractivity contribution in [3.63, 3.8) is 0 Å². The van der Waals surface area contributed by atoms with E-state index in [9.17, 15) is 9.90 Å². The molecule has 0 aliphatic carbocycles. The topological polar surface area (TPSA) is 92.4 Å². The lowest BCUT2D eigenvalue weighted by Gasteiger charge is -2.15. The highest BCUT2D eigenvalue weighted by Gasteiger charge is 2.03. The van der Waals surface area contributed by atoms with Gasteiger partial charge in [-0.05, 0) is 36.8 Å². The van der Waals surface area contributed by atoms with Crippen molar-refractivity contribution in [2.45, 2.75) is 13.0 Å².